The lowest BCUT2D eigenvalue weighted by Crippen LogP contribution is -2.40. The summed E-state index contributed by atoms with van der Waals surface area (Å²) in [6, 6.07) is 6.48. The highest BCUT2D eigenvalue weighted by molar-refractivity contribution is 7.89. The van der Waals surface area contributed by atoms with Gasteiger partial charge in [-0.3, -0.25) is 9.59 Å². The quantitative estimate of drug-likeness (QED) is 0.629. The lowest BCUT2D eigenvalue weighted by molar-refractivity contribution is -0.136. The molecule has 1 atom stereocenters. The molecule has 7 nitrogen and oxygen atoms in total. The minimum absolute atomic E-state index is 0.0690. The highest BCUT2D eigenvalue weighted by Gasteiger charge is 2.37. The summed E-state index contributed by atoms with van der Waals surface area (Å²) < 4.78 is 27.4. The van der Waals surface area contributed by atoms with Crippen molar-refractivity contribution in [3.05, 3.63) is 24.3 Å². The Kier molecular flexibility index (Phi) is 7.52. The maximum absolute atomic E-state index is 12.9. The zero-order valence-electron chi connectivity index (χ0n) is 18.0. The number of anilines is 1. The fourth-order valence-corrected chi connectivity index (χ4v) is 5.92. The molecule has 0 spiro atoms. The van der Waals surface area contributed by atoms with Crippen molar-refractivity contribution in [2.45, 2.75) is 57.3 Å². The molecule has 3 rings (SSSR count). The van der Waals surface area contributed by atoms with Crippen LogP contribution in [0.15, 0.2) is 29.2 Å². The normalized spacial score (nSPS) is 20.2. The average Bonchev–Trinajstić information content (AvgIpc) is 3.15. The van der Waals surface area contributed by atoms with Gasteiger partial charge < -0.3 is 9.80 Å². The van der Waals surface area contributed by atoms with Crippen molar-refractivity contribution in [3.63, 3.8) is 0 Å². The van der Waals surface area contributed by atoms with Crippen molar-refractivity contribution in [1.29, 1.82) is 0 Å². The summed E-state index contributed by atoms with van der Waals surface area (Å²) in [5.41, 5.74) is 0.644. The minimum Gasteiger partial charge on any atom is -0.342 e. The van der Waals surface area contributed by atoms with E-state index in [-0.39, 0.29) is 29.0 Å². The van der Waals surface area contributed by atoms with Crippen LogP contribution < -0.4 is 4.90 Å². The van der Waals surface area contributed by atoms with Crippen LogP contribution in [0.25, 0.3) is 0 Å². The Morgan fingerprint density at radius 1 is 1.03 bits per heavy atom. The number of sulfonamides is 1. The number of benzene rings is 1. The Morgan fingerprint density at radius 2 is 1.63 bits per heavy atom. The molecule has 2 fully saturated rings. The van der Waals surface area contributed by atoms with Crippen LogP contribution in [0, 0.1) is 5.92 Å². The van der Waals surface area contributed by atoms with E-state index in [2.05, 4.69) is 0 Å². The van der Waals surface area contributed by atoms with Crippen molar-refractivity contribution in [2.24, 2.45) is 5.92 Å². The van der Waals surface area contributed by atoms with Crippen LogP contribution >= 0.6 is 0 Å². The Bertz CT molecular complexity index is 842. The number of likely N-dealkylation sites (tertiary alicyclic amines) is 1. The molecule has 8 heteroatoms. The van der Waals surface area contributed by atoms with Crippen LogP contribution in [0.3, 0.4) is 0 Å². The summed E-state index contributed by atoms with van der Waals surface area (Å²) >= 11 is 0. The molecule has 2 heterocycles. The molecule has 2 amide bonds. The van der Waals surface area contributed by atoms with Crippen molar-refractivity contribution in [2.75, 3.05) is 37.6 Å². The number of hydrogen-bond donors (Lipinski definition) is 0. The van der Waals surface area contributed by atoms with Crippen molar-refractivity contribution in [3.8, 4) is 0 Å². The minimum atomic E-state index is -3.55. The Hall–Kier alpha value is -1.93. The number of hydrogen-bond acceptors (Lipinski definition) is 4. The van der Waals surface area contributed by atoms with Crippen LogP contribution in [0.4, 0.5) is 5.69 Å². The first-order chi connectivity index (χ1) is 14.4. The van der Waals surface area contributed by atoms with E-state index in [0.717, 1.165) is 45.2 Å². The smallest absolute Gasteiger partial charge is 0.243 e. The summed E-state index contributed by atoms with van der Waals surface area (Å²) in [5, 5.41) is 0. The van der Waals surface area contributed by atoms with Gasteiger partial charge in [-0.15, -0.1) is 0 Å². The second-order valence-corrected chi connectivity index (χ2v) is 10.1. The molecule has 0 radical (unpaired) electrons. The van der Waals surface area contributed by atoms with E-state index in [0.29, 0.717) is 25.3 Å². The third-order valence-corrected chi connectivity index (χ3v) is 7.79. The van der Waals surface area contributed by atoms with Gasteiger partial charge >= 0.3 is 0 Å². The van der Waals surface area contributed by atoms with Gasteiger partial charge in [0.2, 0.25) is 21.8 Å². The zero-order valence-corrected chi connectivity index (χ0v) is 18.9. The van der Waals surface area contributed by atoms with E-state index in [1.54, 1.807) is 29.2 Å². The van der Waals surface area contributed by atoms with Gasteiger partial charge in [0, 0.05) is 44.8 Å². The molecule has 0 bridgehead atoms. The SMILES string of the molecule is CCCN(CCC)S(=O)(=O)c1ccc(N2CC(C(=O)N3CCCCC3)CC2=O)cc1. The fourth-order valence-electron chi connectivity index (χ4n) is 4.29. The molecule has 0 aliphatic carbocycles. The van der Waals surface area contributed by atoms with Crippen molar-refractivity contribution in [1.82, 2.24) is 9.21 Å². The lowest BCUT2D eigenvalue weighted by atomic mass is 10.0. The van der Waals surface area contributed by atoms with Gasteiger partial charge in [-0.1, -0.05) is 13.8 Å². The zero-order chi connectivity index (χ0) is 21.7. The van der Waals surface area contributed by atoms with Crippen molar-refractivity contribution >= 4 is 27.5 Å². The number of piperidine rings is 1. The predicted molar refractivity (Wildman–Crippen MR) is 117 cm³/mol. The highest BCUT2D eigenvalue weighted by Crippen LogP contribution is 2.28. The molecule has 2 aliphatic rings. The lowest BCUT2D eigenvalue weighted by Gasteiger charge is -2.29. The third kappa shape index (κ3) is 4.86. The predicted octanol–water partition coefficient (Wildman–Crippen LogP) is 2.86. The molecule has 30 heavy (non-hydrogen) atoms. The standard InChI is InChI=1S/C22H33N3O4S/c1-3-12-24(13-4-2)30(28,29)20-10-8-19(9-11-20)25-17-18(16-21(25)26)22(27)23-14-6-5-7-15-23/h8-11,18H,3-7,12-17H2,1-2H3. The van der Waals surface area contributed by atoms with Gasteiger partial charge in [-0.05, 0) is 56.4 Å². The molecule has 2 aliphatic heterocycles. The summed E-state index contributed by atoms with van der Waals surface area (Å²) in [4.78, 5) is 29.1. The molecular formula is C22H33N3O4S. The van der Waals surface area contributed by atoms with E-state index in [9.17, 15) is 18.0 Å². The Morgan fingerprint density at radius 3 is 2.20 bits per heavy atom. The molecule has 1 unspecified atom stereocenters. The topological polar surface area (TPSA) is 78.0 Å². The average molecular weight is 436 g/mol. The largest absolute Gasteiger partial charge is 0.342 e. The van der Waals surface area contributed by atoms with Crippen molar-refractivity contribution < 1.29 is 18.0 Å². The monoisotopic (exact) mass is 435 g/mol. The molecule has 166 valence electrons. The van der Waals surface area contributed by atoms with Gasteiger partial charge in [-0.25, -0.2) is 8.42 Å². The Balaban J connectivity index is 1.71. The third-order valence-electron chi connectivity index (χ3n) is 5.87. The van der Waals surface area contributed by atoms with Crippen LogP contribution in [0.2, 0.25) is 0 Å². The first-order valence-corrected chi connectivity index (χ1v) is 12.5. The molecule has 1 aromatic carbocycles. The van der Waals surface area contributed by atoms with E-state index in [1.807, 2.05) is 18.7 Å². The van der Waals surface area contributed by atoms with E-state index in [1.165, 1.54) is 4.31 Å². The van der Waals surface area contributed by atoms with E-state index in [4.69, 9.17) is 0 Å². The highest BCUT2D eigenvalue weighted by atomic mass is 32.2. The first-order valence-electron chi connectivity index (χ1n) is 11.1. The van der Waals surface area contributed by atoms with Gasteiger partial charge in [0.1, 0.15) is 0 Å². The maximum Gasteiger partial charge on any atom is 0.243 e. The Labute approximate surface area is 180 Å². The van der Waals surface area contributed by atoms with E-state index < -0.39 is 10.0 Å². The number of rotatable bonds is 8. The molecule has 0 saturated carbocycles. The molecule has 0 aromatic heterocycles. The van der Waals surface area contributed by atoms with E-state index >= 15 is 0 Å². The van der Waals surface area contributed by atoms with Gasteiger partial charge in [0.25, 0.3) is 0 Å². The van der Waals surface area contributed by atoms with Gasteiger partial charge in [0.05, 0.1) is 10.8 Å². The van der Waals surface area contributed by atoms with Crippen LogP contribution in [-0.2, 0) is 19.6 Å². The molecular weight excluding hydrogens is 402 g/mol. The summed E-state index contributed by atoms with van der Waals surface area (Å²) in [6.07, 6.45) is 4.94. The van der Waals surface area contributed by atoms with Crippen LogP contribution in [0.5, 0.6) is 0 Å². The summed E-state index contributed by atoms with van der Waals surface area (Å²) in [6.45, 7) is 6.82. The second-order valence-electron chi connectivity index (χ2n) is 8.19. The van der Waals surface area contributed by atoms with Crippen LogP contribution in [-0.4, -0.2) is 62.2 Å². The number of carbonyl (C=O) groups excluding carboxylic acids is 2. The molecule has 1 aromatic rings. The maximum atomic E-state index is 12.9. The number of carbonyl (C=O) groups is 2. The fraction of sp³-hybridized carbons (Fsp3) is 0.636. The molecule has 0 N–H and O–H groups in total. The number of nitrogens with zero attached hydrogens (tertiary/aromatic N) is 3. The van der Waals surface area contributed by atoms with Gasteiger partial charge in [0.15, 0.2) is 0 Å². The first kappa shape index (κ1) is 22.7. The summed E-state index contributed by atoms with van der Waals surface area (Å²) in [5.74, 6) is -0.331. The van der Waals surface area contributed by atoms with Gasteiger partial charge in [-0.2, -0.15) is 4.31 Å². The summed E-state index contributed by atoms with van der Waals surface area (Å²) in [7, 11) is -3.55. The number of amides is 2. The van der Waals surface area contributed by atoms with Crippen LogP contribution in [0.1, 0.15) is 52.4 Å². The second kappa shape index (κ2) is 9.92. The molecule has 2 saturated heterocycles.